The lowest BCUT2D eigenvalue weighted by Gasteiger charge is -2.33. The second kappa shape index (κ2) is 25.9. The van der Waals surface area contributed by atoms with Crippen LogP contribution in [-0.2, 0) is 57.6 Å². The summed E-state index contributed by atoms with van der Waals surface area (Å²) in [4.78, 5) is 110. The number of nitrogens with zero attached hydrogens (tertiary/aromatic N) is 1. The van der Waals surface area contributed by atoms with Crippen molar-refractivity contribution in [1.82, 2.24) is 36.8 Å². The first-order valence-electron chi connectivity index (χ1n) is 22.9. The van der Waals surface area contributed by atoms with Gasteiger partial charge in [0.1, 0.15) is 48.5 Å². The molecule has 1 saturated heterocycles. The summed E-state index contributed by atoms with van der Waals surface area (Å²) < 4.78 is 0. The molecule has 1 aliphatic rings. The van der Waals surface area contributed by atoms with Gasteiger partial charge in [0.2, 0.25) is 41.4 Å². The molecule has 0 saturated carbocycles. The van der Waals surface area contributed by atoms with Crippen molar-refractivity contribution in [3.63, 3.8) is 0 Å². The van der Waals surface area contributed by atoms with Crippen LogP contribution in [0.15, 0.2) is 84.9 Å². The van der Waals surface area contributed by atoms with E-state index >= 15 is 0 Å². The van der Waals surface area contributed by atoms with E-state index < -0.39 is 108 Å². The summed E-state index contributed by atoms with van der Waals surface area (Å²) in [6.45, 7) is 7.82. The van der Waals surface area contributed by atoms with E-state index in [1.807, 2.05) is 37.3 Å². The maximum Gasteiger partial charge on any atom is 0.322 e. The Bertz CT molecular complexity index is 2190. The number of hydrogen-bond acceptors (Lipinski definition) is 11. The average Bonchev–Trinajstić information content (AvgIpc) is 3.81. The van der Waals surface area contributed by atoms with Crippen molar-refractivity contribution >= 4 is 47.3 Å². The molecular formula is C49H66N8O11. The van der Waals surface area contributed by atoms with Crippen molar-refractivity contribution in [3.05, 3.63) is 102 Å². The van der Waals surface area contributed by atoms with Crippen LogP contribution < -0.4 is 37.6 Å². The van der Waals surface area contributed by atoms with Gasteiger partial charge in [0.15, 0.2) is 0 Å². The fraction of sp³-hybridized carbons (Fsp3) is 0.469. The van der Waals surface area contributed by atoms with Gasteiger partial charge in [0.05, 0.1) is 12.1 Å². The molecule has 3 aromatic carbocycles. The van der Waals surface area contributed by atoms with Gasteiger partial charge in [-0.3, -0.25) is 38.4 Å². The van der Waals surface area contributed by atoms with E-state index in [-0.39, 0.29) is 43.9 Å². The van der Waals surface area contributed by atoms with E-state index in [2.05, 4.69) is 31.9 Å². The van der Waals surface area contributed by atoms with E-state index in [0.717, 1.165) is 5.56 Å². The number of nitrogens with one attached hydrogen (secondary N) is 6. The molecule has 9 unspecified atom stereocenters. The highest BCUT2D eigenvalue weighted by atomic mass is 16.4. The zero-order chi connectivity index (χ0) is 50.1. The quantitative estimate of drug-likeness (QED) is 0.0586. The van der Waals surface area contributed by atoms with Gasteiger partial charge in [-0.25, -0.2) is 0 Å². The Kier molecular flexibility index (Phi) is 20.5. The molecule has 0 radical (unpaired) electrons. The lowest BCUT2D eigenvalue weighted by atomic mass is 9.96. The Labute approximate surface area is 396 Å². The topological polar surface area (TPSA) is 299 Å². The minimum Gasteiger partial charge on any atom is -0.508 e. The van der Waals surface area contributed by atoms with Crippen LogP contribution in [0.3, 0.4) is 0 Å². The zero-order valence-electron chi connectivity index (χ0n) is 39.1. The number of aliphatic hydroxyl groups excluding tert-OH is 1. The third-order valence-corrected chi connectivity index (χ3v) is 11.9. The molecule has 1 aliphatic heterocycles. The van der Waals surface area contributed by atoms with Crippen LogP contribution in [-0.4, -0.2) is 129 Å². The largest absolute Gasteiger partial charge is 0.508 e. The Morgan fingerprint density at radius 3 is 1.69 bits per heavy atom. The van der Waals surface area contributed by atoms with Crippen LogP contribution in [0.1, 0.15) is 70.6 Å². The van der Waals surface area contributed by atoms with E-state index in [4.69, 9.17) is 10.8 Å². The summed E-state index contributed by atoms with van der Waals surface area (Å²) in [7, 11) is 0. The van der Waals surface area contributed by atoms with Crippen LogP contribution in [0.25, 0.3) is 0 Å². The van der Waals surface area contributed by atoms with E-state index in [1.165, 1.54) is 36.1 Å². The number of hydrogen-bond donors (Lipinski definition) is 10. The second-order valence-electron chi connectivity index (χ2n) is 17.6. The monoisotopic (exact) mass is 942 g/mol. The predicted octanol–water partition coefficient (Wildman–Crippen LogP) is 0.446. The molecule has 11 N–H and O–H groups in total. The molecule has 9 atom stereocenters. The molecule has 0 spiro atoms. The van der Waals surface area contributed by atoms with Crippen molar-refractivity contribution in [1.29, 1.82) is 0 Å². The maximum absolute atomic E-state index is 14.3. The van der Waals surface area contributed by atoms with Gasteiger partial charge in [-0.05, 0) is 66.8 Å². The molecule has 19 nitrogen and oxygen atoms in total. The number of aliphatic hydroxyl groups is 1. The predicted molar refractivity (Wildman–Crippen MR) is 251 cm³/mol. The van der Waals surface area contributed by atoms with Crippen LogP contribution in [0, 0.1) is 11.8 Å². The number of carboxylic acids is 1. The third kappa shape index (κ3) is 15.9. The number of phenolic OH excluding ortho intramolecular Hbond substituents is 1. The number of carboxylic acid groups (broad SMARTS) is 1. The molecule has 4 rings (SSSR count). The third-order valence-electron chi connectivity index (χ3n) is 11.9. The highest BCUT2D eigenvalue weighted by Gasteiger charge is 2.41. The van der Waals surface area contributed by atoms with Gasteiger partial charge < -0.3 is 57.9 Å². The number of rotatable bonds is 24. The molecule has 19 heteroatoms. The van der Waals surface area contributed by atoms with Crippen molar-refractivity contribution in [2.45, 2.75) is 122 Å². The summed E-state index contributed by atoms with van der Waals surface area (Å²) in [6, 6.07) is 15.1. The average molecular weight is 943 g/mol. The van der Waals surface area contributed by atoms with Crippen molar-refractivity contribution in [2.75, 3.05) is 13.1 Å². The second-order valence-corrected chi connectivity index (χ2v) is 17.6. The van der Waals surface area contributed by atoms with Gasteiger partial charge in [-0.2, -0.15) is 0 Å². The molecular weight excluding hydrogens is 877 g/mol. The fourth-order valence-electron chi connectivity index (χ4n) is 7.77. The smallest absolute Gasteiger partial charge is 0.322 e. The Morgan fingerprint density at radius 1 is 0.647 bits per heavy atom. The molecule has 0 aliphatic carbocycles. The van der Waals surface area contributed by atoms with Crippen LogP contribution in [0.2, 0.25) is 0 Å². The molecule has 368 valence electrons. The zero-order valence-corrected chi connectivity index (χ0v) is 39.1. The molecule has 3 aromatic rings. The molecule has 1 heterocycles. The lowest BCUT2D eigenvalue weighted by Crippen LogP contribution is -2.62. The number of amides is 7. The summed E-state index contributed by atoms with van der Waals surface area (Å²) in [5.41, 5.74) is 8.20. The van der Waals surface area contributed by atoms with Gasteiger partial charge >= 0.3 is 5.97 Å². The number of phenols is 1. The van der Waals surface area contributed by atoms with E-state index in [1.54, 1.807) is 51.1 Å². The van der Waals surface area contributed by atoms with Gasteiger partial charge in [-0.1, -0.05) is 107 Å². The number of benzene rings is 3. The molecule has 1 fully saturated rings. The number of carbonyl (C=O) groups excluding carboxylic acids is 7. The molecule has 0 bridgehead atoms. The maximum atomic E-state index is 14.3. The van der Waals surface area contributed by atoms with Gasteiger partial charge in [0.25, 0.3) is 0 Å². The van der Waals surface area contributed by atoms with Crippen molar-refractivity contribution in [2.24, 2.45) is 17.6 Å². The number of likely N-dealkylation sites (tertiary alicyclic amines) is 1. The molecule has 0 aromatic heterocycles. The van der Waals surface area contributed by atoms with E-state index in [9.17, 15) is 48.6 Å². The van der Waals surface area contributed by atoms with E-state index in [0.29, 0.717) is 24.0 Å². The van der Waals surface area contributed by atoms with Crippen molar-refractivity contribution in [3.8, 4) is 5.75 Å². The first-order valence-corrected chi connectivity index (χ1v) is 22.9. The SMILES string of the molecule is CCC(C)C(NC(=O)C1CCCN1C(=O)C(NC(=O)C(N)Cc1ccccc1)C(C)C)C(=O)NC(Cc1ccccc1)C(=O)NC(C(=O)NC(Cc1ccc(O)cc1)C(=O)NCC(=O)O)C(C)O. The minimum atomic E-state index is -1.68. The lowest BCUT2D eigenvalue weighted by molar-refractivity contribution is -0.143. The highest BCUT2D eigenvalue weighted by molar-refractivity contribution is 5.98. The molecule has 68 heavy (non-hydrogen) atoms. The normalized spacial score (nSPS) is 16.9. The van der Waals surface area contributed by atoms with Crippen LogP contribution in [0.4, 0.5) is 0 Å². The first-order chi connectivity index (χ1) is 32.3. The number of nitrogens with two attached hydrogens (primary N) is 1. The van der Waals surface area contributed by atoms with Gasteiger partial charge in [-0.15, -0.1) is 0 Å². The van der Waals surface area contributed by atoms with Gasteiger partial charge in [0, 0.05) is 19.4 Å². The number of aromatic hydroxyl groups is 1. The molecule has 7 amide bonds. The summed E-state index contributed by atoms with van der Waals surface area (Å²) in [5.74, 6) is -7.30. The summed E-state index contributed by atoms with van der Waals surface area (Å²) >= 11 is 0. The minimum absolute atomic E-state index is 0.0521. The Hall–Kier alpha value is -6.86. The fourth-order valence-corrected chi connectivity index (χ4v) is 7.77. The summed E-state index contributed by atoms with van der Waals surface area (Å²) in [5, 5.41) is 45.2. The van der Waals surface area contributed by atoms with Crippen LogP contribution >= 0.6 is 0 Å². The Balaban J connectivity index is 1.52. The van der Waals surface area contributed by atoms with Crippen molar-refractivity contribution < 1.29 is 53.7 Å². The highest BCUT2D eigenvalue weighted by Crippen LogP contribution is 2.22. The summed E-state index contributed by atoms with van der Waals surface area (Å²) in [6.07, 6.45) is -0.333. The number of aliphatic carboxylic acids is 1. The number of carbonyl (C=O) groups is 8. The van der Waals surface area contributed by atoms with Crippen LogP contribution in [0.5, 0.6) is 5.75 Å². The Morgan fingerprint density at radius 2 is 1.16 bits per heavy atom. The first kappa shape index (κ1) is 53.8. The standard InChI is InChI=1S/C49H66N8O11/c1-6-29(4)41(55-46(65)38-18-13-23-57(38)49(68)40(28(2)3)54-43(62)35(50)24-31-14-9-7-10-15-31)47(66)53-37(25-32-16-11-8-12-17-32)45(64)56-42(30(5)58)48(67)52-36(44(63)51-27-39(60)61)26-33-19-21-34(59)22-20-33/h7-12,14-17,19-22,28-30,35-38,40-42,58-59H,6,13,18,23-27,50H2,1-5H3,(H,51,63)(H,52,67)(H,53,66)(H,54,62)(H,55,65)(H,56,64)(H,60,61).